The predicted molar refractivity (Wildman–Crippen MR) is 78.6 cm³/mol. The van der Waals surface area contributed by atoms with Crippen molar-refractivity contribution in [2.24, 2.45) is 0 Å². The molecule has 9 heteroatoms. The maximum Gasteiger partial charge on any atom is 0.312 e. The van der Waals surface area contributed by atoms with Crippen LogP contribution < -0.4 is 9.46 Å². The Hall–Kier alpha value is -2.81. The van der Waals surface area contributed by atoms with Crippen LogP contribution in [0.4, 0.5) is 11.4 Å². The van der Waals surface area contributed by atoms with E-state index >= 15 is 0 Å². The number of methoxy groups -OCH3 is 1. The maximum absolute atomic E-state index is 12.2. The van der Waals surface area contributed by atoms with E-state index in [-0.39, 0.29) is 22.1 Å². The molecule has 0 radical (unpaired) electrons. The number of nitrogens with zero attached hydrogens (tertiary/aromatic N) is 1. The molecule has 0 heterocycles. The summed E-state index contributed by atoms with van der Waals surface area (Å²) in [4.78, 5) is 9.92. The van der Waals surface area contributed by atoms with E-state index in [4.69, 9.17) is 4.74 Å². The van der Waals surface area contributed by atoms with Gasteiger partial charge in [-0.2, -0.15) is 0 Å². The van der Waals surface area contributed by atoms with Crippen molar-refractivity contribution in [3.8, 4) is 11.5 Å². The quantitative estimate of drug-likeness (QED) is 0.642. The number of hydrogen-bond donors (Lipinski definition) is 2. The number of rotatable bonds is 5. The molecule has 0 amide bonds. The van der Waals surface area contributed by atoms with E-state index in [0.29, 0.717) is 0 Å². The van der Waals surface area contributed by atoms with Crippen LogP contribution in [0.5, 0.6) is 11.5 Å². The van der Waals surface area contributed by atoms with Gasteiger partial charge in [0, 0.05) is 12.1 Å². The third kappa shape index (κ3) is 3.26. The Kier molecular flexibility index (Phi) is 4.18. The zero-order valence-corrected chi connectivity index (χ0v) is 12.2. The Bertz CT molecular complexity index is 819. The van der Waals surface area contributed by atoms with Gasteiger partial charge >= 0.3 is 5.69 Å². The second-order valence-corrected chi connectivity index (χ2v) is 5.93. The number of phenolic OH excluding ortho intramolecular Hbond substituents is 1. The van der Waals surface area contributed by atoms with Gasteiger partial charge in [-0.05, 0) is 24.3 Å². The molecule has 0 atom stereocenters. The predicted octanol–water partition coefficient (Wildman–Crippen LogP) is 2.11. The molecule has 0 aromatic heterocycles. The first-order chi connectivity index (χ1) is 10.3. The lowest BCUT2D eigenvalue weighted by Gasteiger charge is -2.09. The first-order valence-corrected chi connectivity index (χ1v) is 7.46. The van der Waals surface area contributed by atoms with Gasteiger partial charge in [0.05, 0.1) is 22.6 Å². The normalized spacial score (nSPS) is 11.0. The molecule has 2 N–H and O–H groups in total. The fourth-order valence-electron chi connectivity index (χ4n) is 1.76. The van der Waals surface area contributed by atoms with E-state index in [9.17, 15) is 23.6 Å². The van der Waals surface area contributed by atoms with Crippen LogP contribution >= 0.6 is 0 Å². The Balaban J connectivity index is 2.41. The number of nitro groups is 1. The van der Waals surface area contributed by atoms with Crippen LogP contribution in [-0.4, -0.2) is 25.6 Å². The minimum atomic E-state index is -4.03. The van der Waals surface area contributed by atoms with Gasteiger partial charge in [-0.15, -0.1) is 0 Å². The standard InChI is InChI=1S/C13H12N2O6S/c1-21-13-6-5-11(8-12(13)15(17)18)22(19,20)14-9-3-2-4-10(16)7-9/h2-8,14,16H,1H3. The third-order valence-electron chi connectivity index (χ3n) is 2.76. The number of sulfonamides is 1. The molecule has 0 saturated carbocycles. The first-order valence-electron chi connectivity index (χ1n) is 5.98. The van der Waals surface area contributed by atoms with Crippen LogP contribution in [0.15, 0.2) is 47.4 Å². The highest BCUT2D eigenvalue weighted by molar-refractivity contribution is 7.92. The Morgan fingerprint density at radius 2 is 1.95 bits per heavy atom. The van der Waals surface area contributed by atoms with Crippen molar-refractivity contribution in [1.29, 1.82) is 0 Å². The molecule has 0 fully saturated rings. The smallest absolute Gasteiger partial charge is 0.312 e. The molecule has 0 aliphatic heterocycles. The summed E-state index contributed by atoms with van der Waals surface area (Å²) in [6, 6.07) is 8.81. The van der Waals surface area contributed by atoms with Crippen molar-refractivity contribution in [2.75, 3.05) is 11.8 Å². The van der Waals surface area contributed by atoms with E-state index in [2.05, 4.69) is 4.72 Å². The van der Waals surface area contributed by atoms with Crippen molar-refractivity contribution >= 4 is 21.4 Å². The second-order valence-electron chi connectivity index (χ2n) is 4.25. The summed E-state index contributed by atoms with van der Waals surface area (Å²) < 4.78 is 31.5. The van der Waals surface area contributed by atoms with E-state index in [1.165, 1.54) is 43.5 Å². The number of benzene rings is 2. The van der Waals surface area contributed by atoms with Crippen LogP contribution in [0.1, 0.15) is 0 Å². The number of nitro benzene ring substituents is 1. The maximum atomic E-state index is 12.2. The van der Waals surface area contributed by atoms with Gasteiger partial charge in [0.2, 0.25) is 0 Å². The Morgan fingerprint density at radius 1 is 1.23 bits per heavy atom. The van der Waals surface area contributed by atoms with Crippen LogP contribution in [0.3, 0.4) is 0 Å². The van der Waals surface area contributed by atoms with Crippen LogP contribution in [0.25, 0.3) is 0 Å². The van der Waals surface area contributed by atoms with Crippen molar-refractivity contribution in [2.45, 2.75) is 4.90 Å². The average Bonchev–Trinajstić information content (AvgIpc) is 2.46. The van der Waals surface area contributed by atoms with Crippen molar-refractivity contribution in [3.05, 3.63) is 52.6 Å². The van der Waals surface area contributed by atoms with Gasteiger partial charge in [0.25, 0.3) is 10.0 Å². The van der Waals surface area contributed by atoms with Gasteiger partial charge in [-0.3, -0.25) is 14.8 Å². The minimum absolute atomic E-state index is 0.0405. The van der Waals surface area contributed by atoms with Gasteiger partial charge in [-0.25, -0.2) is 8.42 Å². The van der Waals surface area contributed by atoms with Crippen LogP contribution in [0.2, 0.25) is 0 Å². The molecule has 0 aliphatic carbocycles. The Labute approximate surface area is 126 Å². The van der Waals surface area contributed by atoms with Crippen molar-refractivity contribution in [3.63, 3.8) is 0 Å². The summed E-state index contributed by atoms with van der Waals surface area (Å²) in [5, 5.41) is 20.3. The van der Waals surface area contributed by atoms with Crippen molar-refractivity contribution < 1.29 is 23.2 Å². The molecular weight excluding hydrogens is 312 g/mol. The summed E-state index contributed by atoms with van der Waals surface area (Å²) in [5.74, 6) is -0.151. The van der Waals surface area contributed by atoms with Gasteiger partial charge < -0.3 is 9.84 Å². The zero-order valence-electron chi connectivity index (χ0n) is 11.4. The molecule has 0 unspecified atom stereocenters. The number of phenols is 1. The molecule has 0 bridgehead atoms. The molecule has 22 heavy (non-hydrogen) atoms. The first kappa shape index (κ1) is 15.6. The van der Waals surface area contributed by atoms with E-state index < -0.39 is 20.6 Å². The molecule has 2 aromatic rings. The third-order valence-corrected chi connectivity index (χ3v) is 4.13. The fourth-order valence-corrected chi connectivity index (χ4v) is 2.83. The van der Waals surface area contributed by atoms with E-state index in [0.717, 1.165) is 6.07 Å². The number of ether oxygens (including phenoxy) is 1. The largest absolute Gasteiger partial charge is 0.508 e. The lowest BCUT2D eigenvalue weighted by atomic mass is 10.3. The molecule has 116 valence electrons. The highest BCUT2D eigenvalue weighted by Crippen LogP contribution is 2.30. The molecule has 0 spiro atoms. The highest BCUT2D eigenvalue weighted by Gasteiger charge is 2.22. The average molecular weight is 324 g/mol. The summed E-state index contributed by atoms with van der Waals surface area (Å²) in [6.07, 6.45) is 0. The second kappa shape index (κ2) is 5.90. The highest BCUT2D eigenvalue weighted by atomic mass is 32.2. The van der Waals surface area contributed by atoms with Gasteiger partial charge in [-0.1, -0.05) is 6.07 Å². The molecule has 2 aromatic carbocycles. The number of aromatic hydroxyl groups is 1. The summed E-state index contributed by atoms with van der Waals surface area (Å²) in [7, 11) is -2.78. The summed E-state index contributed by atoms with van der Waals surface area (Å²) in [6.45, 7) is 0. The minimum Gasteiger partial charge on any atom is -0.508 e. The lowest BCUT2D eigenvalue weighted by Crippen LogP contribution is -2.13. The molecule has 0 saturated heterocycles. The molecule has 0 aliphatic rings. The number of anilines is 1. The lowest BCUT2D eigenvalue weighted by molar-refractivity contribution is -0.386. The van der Waals surface area contributed by atoms with Gasteiger partial charge in [0.15, 0.2) is 5.75 Å². The van der Waals surface area contributed by atoms with Gasteiger partial charge in [0.1, 0.15) is 5.75 Å². The number of nitrogens with one attached hydrogen (secondary N) is 1. The van der Waals surface area contributed by atoms with Crippen LogP contribution in [-0.2, 0) is 10.0 Å². The van der Waals surface area contributed by atoms with Crippen LogP contribution in [0, 0.1) is 10.1 Å². The topological polar surface area (TPSA) is 119 Å². The fraction of sp³-hybridized carbons (Fsp3) is 0.0769. The summed E-state index contributed by atoms with van der Waals surface area (Å²) >= 11 is 0. The molecular formula is C13H12N2O6S. The molecule has 2 rings (SSSR count). The van der Waals surface area contributed by atoms with E-state index in [1.54, 1.807) is 0 Å². The Morgan fingerprint density at radius 3 is 2.55 bits per heavy atom. The van der Waals surface area contributed by atoms with Crippen molar-refractivity contribution in [1.82, 2.24) is 0 Å². The van der Waals surface area contributed by atoms with E-state index in [1.807, 2.05) is 0 Å². The summed E-state index contributed by atoms with van der Waals surface area (Å²) in [5.41, 5.74) is -0.320. The monoisotopic (exact) mass is 324 g/mol. The number of hydrogen-bond acceptors (Lipinski definition) is 6. The zero-order chi connectivity index (χ0) is 16.3. The molecule has 8 nitrogen and oxygen atoms in total. The SMILES string of the molecule is COc1ccc(S(=O)(=O)Nc2cccc(O)c2)cc1[N+](=O)[O-].